The van der Waals surface area contributed by atoms with Crippen molar-refractivity contribution in [3.05, 3.63) is 106 Å². The summed E-state index contributed by atoms with van der Waals surface area (Å²) < 4.78 is 14.5. The Morgan fingerprint density at radius 2 is 1.66 bits per heavy atom. The van der Waals surface area contributed by atoms with Crippen LogP contribution >= 0.6 is 11.6 Å². The van der Waals surface area contributed by atoms with Gasteiger partial charge in [0.1, 0.15) is 11.9 Å². The monoisotopic (exact) mass is 494 g/mol. The Hall–Kier alpha value is -3.18. The van der Waals surface area contributed by atoms with Crippen molar-refractivity contribution in [2.45, 2.75) is 46.2 Å². The molecule has 0 aliphatic carbocycles. The molecule has 0 aliphatic heterocycles. The zero-order chi connectivity index (χ0) is 25.4. The van der Waals surface area contributed by atoms with Crippen molar-refractivity contribution in [2.24, 2.45) is 5.92 Å². The number of hydrogen-bond donors (Lipinski definition) is 1. The van der Waals surface area contributed by atoms with Crippen LogP contribution in [0.3, 0.4) is 0 Å². The van der Waals surface area contributed by atoms with Gasteiger partial charge >= 0.3 is 0 Å². The van der Waals surface area contributed by atoms with Gasteiger partial charge in [-0.25, -0.2) is 4.39 Å². The maximum absolute atomic E-state index is 14.5. The van der Waals surface area contributed by atoms with Crippen molar-refractivity contribution in [3.63, 3.8) is 0 Å². The van der Waals surface area contributed by atoms with E-state index in [9.17, 15) is 14.0 Å². The molecule has 4 nitrogen and oxygen atoms in total. The van der Waals surface area contributed by atoms with Crippen molar-refractivity contribution in [3.8, 4) is 0 Å². The summed E-state index contributed by atoms with van der Waals surface area (Å²) in [5.41, 5.74) is 3.02. The smallest absolute Gasteiger partial charge is 0.243 e. The number of aryl methyl sites for hydroxylation is 1. The van der Waals surface area contributed by atoms with E-state index in [1.807, 2.05) is 75.4 Å². The lowest BCUT2D eigenvalue weighted by atomic mass is 10.0. The van der Waals surface area contributed by atoms with Crippen molar-refractivity contribution in [2.75, 3.05) is 6.54 Å². The zero-order valence-electron chi connectivity index (χ0n) is 20.4. The summed E-state index contributed by atoms with van der Waals surface area (Å²) in [6.07, 6.45) is 0.105. The molecule has 0 saturated carbocycles. The average molecular weight is 495 g/mol. The van der Waals surface area contributed by atoms with Crippen molar-refractivity contribution < 1.29 is 14.0 Å². The van der Waals surface area contributed by atoms with Gasteiger partial charge in [-0.3, -0.25) is 9.59 Å². The highest BCUT2D eigenvalue weighted by Crippen LogP contribution is 2.22. The summed E-state index contributed by atoms with van der Waals surface area (Å²) in [6.45, 7) is 6.73. The third-order valence-electron chi connectivity index (χ3n) is 5.78. The van der Waals surface area contributed by atoms with E-state index < -0.39 is 11.9 Å². The van der Waals surface area contributed by atoms with Crippen LogP contribution in [-0.4, -0.2) is 29.3 Å². The third kappa shape index (κ3) is 7.66. The van der Waals surface area contributed by atoms with Crippen molar-refractivity contribution in [1.29, 1.82) is 0 Å². The summed E-state index contributed by atoms with van der Waals surface area (Å²) >= 11 is 6.23. The highest BCUT2D eigenvalue weighted by atomic mass is 35.5. The molecule has 6 heteroatoms. The third-order valence-corrected chi connectivity index (χ3v) is 6.13. The first kappa shape index (κ1) is 26.4. The molecule has 0 spiro atoms. The number of hydrogen-bond acceptors (Lipinski definition) is 2. The minimum absolute atomic E-state index is 0.134. The van der Waals surface area contributed by atoms with Gasteiger partial charge < -0.3 is 10.2 Å². The van der Waals surface area contributed by atoms with Gasteiger partial charge in [-0.15, -0.1) is 0 Å². The SMILES string of the molecule is Cc1cccc(CN(C(=O)Cc2c(F)cccc2Cl)C(Cc2ccccc2)C(=O)NCC(C)C)c1. The largest absolute Gasteiger partial charge is 0.354 e. The van der Waals surface area contributed by atoms with Crippen LogP contribution in [0.15, 0.2) is 72.8 Å². The van der Waals surface area contributed by atoms with Crippen molar-refractivity contribution >= 4 is 23.4 Å². The van der Waals surface area contributed by atoms with Crippen LogP contribution in [0.2, 0.25) is 5.02 Å². The fourth-order valence-corrected chi connectivity index (χ4v) is 4.17. The second-order valence-electron chi connectivity index (χ2n) is 9.23. The Labute approximate surface area is 212 Å². The fourth-order valence-electron chi connectivity index (χ4n) is 3.94. The maximum atomic E-state index is 14.5. The molecule has 2 amide bonds. The Bertz CT molecular complexity index is 1130. The molecule has 0 fully saturated rings. The van der Waals surface area contributed by atoms with Crippen LogP contribution in [0, 0.1) is 18.7 Å². The number of carbonyl (C=O) groups is 2. The van der Waals surface area contributed by atoms with E-state index in [1.165, 1.54) is 12.1 Å². The van der Waals surface area contributed by atoms with Gasteiger partial charge in [0.25, 0.3) is 0 Å². The Balaban J connectivity index is 2.00. The molecule has 3 aromatic rings. The topological polar surface area (TPSA) is 49.4 Å². The molecular weight excluding hydrogens is 463 g/mol. The van der Waals surface area contributed by atoms with E-state index in [-0.39, 0.29) is 41.3 Å². The quantitative estimate of drug-likeness (QED) is 0.390. The molecule has 35 heavy (non-hydrogen) atoms. The standard InChI is InChI=1S/C29H32ClFN2O2/c1-20(2)18-32-29(35)27(16-22-10-5-4-6-11-22)33(19-23-12-7-9-21(3)15-23)28(34)17-24-25(30)13-8-14-26(24)31/h4-15,20,27H,16-19H2,1-3H3,(H,32,35). The molecule has 3 rings (SSSR count). The van der Waals surface area contributed by atoms with E-state index in [4.69, 9.17) is 11.6 Å². The fraction of sp³-hybridized carbons (Fsp3) is 0.310. The molecule has 1 atom stereocenters. The molecule has 0 heterocycles. The van der Waals surface area contributed by atoms with Gasteiger partial charge in [-0.1, -0.05) is 91.7 Å². The average Bonchev–Trinajstić information content (AvgIpc) is 2.82. The van der Waals surface area contributed by atoms with Crippen LogP contribution in [0.25, 0.3) is 0 Å². The zero-order valence-corrected chi connectivity index (χ0v) is 21.2. The van der Waals surface area contributed by atoms with Crippen LogP contribution in [0.1, 0.15) is 36.1 Å². The van der Waals surface area contributed by atoms with Crippen LogP contribution < -0.4 is 5.32 Å². The predicted molar refractivity (Wildman–Crippen MR) is 139 cm³/mol. The second-order valence-corrected chi connectivity index (χ2v) is 9.64. The second kappa shape index (κ2) is 12.5. The van der Waals surface area contributed by atoms with E-state index in [0.29, 0.717) is 13.0 Å². The molecule has 0 bridgehead atoms. The molecule has 0 saturated heterocycles. The number of carbonyl (C=O) groups excluding carboxylic acids is 2. The van der Waals surface area contributed by atoms with E-state index >= 15 is 0 Å². The molecule has 0 aliphatic rings. The molecular formula is C29H32ClFN2O2. The van der Waals surface area contributed by atoms with Crippen LogP contribution in [0.5, 0.6) is 0 Å². The molecule has 1 N–H and O–H groups in total. The molecule has 1 unspecified atom stereocenters. The lowest BCUT2D eigenvalue weighted by molar-refractivity contribution is -0.140. The highest BCUT2D eigenvalue weighted by Gasteiger charge is 2.31. The lowest BCUT2D eigenvalue weighted by Crippen LogP contribution is -2.51. The first-order chi connectivity index (χ1) is 16.7. The van der Waals surface area contributed by atoms with Gasteiger partial charge in [-0.05, 0) is 36.1 Å². The normalized spacial score (nSPS) is 11.8. The first-order valence-corrected chi connectivity index (χ1v) is 12.2. The molecule has 184 valence electrons. The van der Waals surface area contributed by atoms with Gasteiger partial charge in [0.2, 0.25) is 11.8 Å². The number of halogens is 2. The Morgan fingerprint density at radius 1 is 0.971 bits per heavy atom. The number of nitrogens with zero attached hydrogens (tertiary/aromatic N) is 1. The van der Waals surface area contributed by atoms with Gasteiger partial charge in [-0.2, -0.15) is 0 Å². The number of benzene rings is 3. The van der Waals surface area contributed by atoms with Gasteiger partial charge in [0, 0.05) is 30.1 Å². The highest BCUT2D eigenvalue weighted by molar-refractivity contribution is 6.31. The maximum Gasteiger partial charge on any atom is 0.243 e. The Kier molecular flexibility index (Phi) is 9.44. The Morgan fingerprint density at radius 3 is 2.31 bits per heavy atom. The summed E-state index contributed by atoms with van der Waals surface area (Å²) in [5.74, 6) is -0.873. The van der Waals surface area contributed by atoms with E-state index in [2.05, 4.69) is 5.32 Å². The number of nitrogens with one attached hydrogen (secondary N) is 1. The van der Waals surface area contributed by atoms with Crippen LogP contribution in [0.4, 0.5) is 4.39 Å². The summed E-state index contributed by atoms with van der Waals surface area (Å²) in [4.78, 5) is 28.7. The summed E-state index contributed by atoms with van der Waals surface area (Å²) in [6, 6.07) is 21.0. The number of rotatable bonds is 10. The molecule has 0 aromatic heterocycles. The summed E-state index contributed by atoms with van der Waals surface area (Å²) in [7, 11) is 0. The minimum Gasteiger partial charge on any atom is -0.354 e. The van der Waals surface area contributed by atoms with Gasteiger partial charge in [0.15, 0.2) is 0 Å². The van der Waals surface area contributed by atoms with Gasteiger partial charge in [0.05, 0.1) is 6.42 Å². The molecule has 0 radical (unpaired) electrons. The van der Waals surface area contributed by atoms with E-state index in [1.54, 1.807) is 11.0 Å². The molecule has 3 aromatic carbocycles. The lowest BCUT2D eigenvalue weighted by Gasteiger charge is -2.32. The predicted octanol–water partition coefficient (Wildman–Crippen LogP) is 5.74. The number of amides is 2. The summed E-state index contributed by atoms with van der Waals surface area (Å²) in [5, 5.41) is 3.18. The van der Waals surface area contributed by atoms with Crippen molar-refractivity contribution in [1.82, 2.24) is 10.2 Å². The first-order valence-electron chi connectivity index (χ1n) is 11.8. The minimum atomic E-state index is -0.769. The van der Waals surface area contributed by atoms with Crippen LogP contribution in [-0.2, 0) is 29.0 Å². The van der Waals surface area contributed by atoms with E-state index in [0.717, 1.165) is 16.7 Å².